The Balaban J connectivity index is 2.59. The van der Waals surface area contributed by atoms with Gasteiger partial charge in [0, 0.05) is 11.1 Å². The minimum Gasteiger partial charge on any atom is -0.289 e. The number of carbonyl (C=O) groups excluding carboxylic acids is 1. The van der Waals surface area contributed by atoms with Crippen LogP contribution in [0.15, 0.2) is 36.4 Å². The summed E-state index contributed by atoms with van der Waals surface area (Å²) in [5.74, 6) is -0.726. The minimum absolute atomic E-state index is 0.0801. The van der Waals surface area contributed by atoms with Crippen molar-refractivity contribution in [2.45, 2.75) is 20.0 Å². The van der Waals surface area contributed by atoms with Gasteiger partial charge in [-0.1, -0.05) is 29.8 Å². The SMILES string of the molecule is Cc1cc(Cl)c(C(=O)c2ccccc2C(F)(F)F)cc1C. The largest absolute Gasteiger partial charge is 0.417 e. The summed E-state index contributed by atoms with van der Waals surface area (Å²) < 4.78 is 38.9. The van der Waals surface area contributed by atoms with Crippen LogP contribution >= 0.6 is 11.6 Å². The van der Waals surface area contributed by atoms with Crippen LogP contribution in [0.4, 0.5) is 13.2 Å². The average molecular weight is 313 g/mol. The molecule has 21 heavy (non-hydrogen) atoms. The van der Waals surface area contributed by atoms with Gasteiger partial charge in [0.15, 0.2) is 5.78 Å². The number of alkyl halides is 3. The van der Waals surface area contributed by atoms with Crippen molar-refractivity contribution in [1.29, 1.82) is 0 Å². The molecule has 0 atom stereocenters. The number of hydrogen-bond acceptors (Lipinski definition) is 1. The molecule has 0 bridgehead atoms. The number of aryl methyl sites for hydroxylation is 2. The van der Waals surface area contributed by atoms with E-state index in [2.05, 4.69) is 0 Å². The monoisotopic (exact) mass is 312 g/mol. The highest BCUT2D eigenvalue weighted by Crippen LogP contribution is 2.34. The number of hydrogen-bond donors (Lipinski definition) is 0. The third kappa shape index (κ3) is 3.10. The van der Waals surface area contributed by atoms with Gasteiger partial charge in [-0.2, -0.15) is 13.2 Å². The second kappa shape index (κ2) is 5.53. The molecule has 2 aromatic carbocycles. The summed E-state index contributed by atoms with van der Waals surface area (Å²) in [6.45, 7) is 3.59. The van der Waals surface area contributed by atoms with Crippen LogP contribution in [-0.2, 0) is 6.18 Å². The highest BCUT2D eigenvalue weighted by Gasteiger charge is 2.35. The van der Waals surface area contributed by atoms with Crippen molar-refractivity contribution in [2.24, 2.45) is 0 Å². The van der Waals surface area contributed by atoms with Crippen molar-refractivity contribution in [3.8, 4) is 0 Å². The third-order valence-electron chi connectivity index (χ3n) is 3.31. The van der Waals surface area contributed by atoms with Gasteiger partial charge in [0.2, 0.25) is 0 Å². The Bertz CT molecular complexity index is 705. The molecule has 0 N–H and O–H groups in total. The van der Waals surface area contributed by atoms with Crippen LogP contribution in [0.3, 0.4) is 0 Å². The Morgan fingerprint density at radius 1 is 1.00 bits per heavy atom. The molecule has 0 aliphatic heterocycles. The van der Waals surface area contributed by atoms with Crippen molar-refractivity contribution < 1.29 is 18.0 Å². The standard InChI is InChI=1S/C16H12ClF3O/c1-9-7-12(14(17)8-10(9)2)15(21)11-5-3-4-6-13(11)16(18,19)20/h3-8H,1-2H3. The van der Waals surface area contributed by atoms with E-state index in [9.17, 15) is 18.0 Å². The summed E-state index contributed by atoms with van der Waals surface area (Å²) in [4.78, 5) is 12.4. The molecule has 0 heterocycles. The summed E-state index contributed by atoms with van der Waals surface area (Å²) in [6.07, 6.45) is -4.58. The van der Waals surface area contributed by atoms with Gasteiger partial charge < -0.3 is 0 Å². The molecule has 0 saturated carbocycles. The zero-order valence-corrected chi connectivity index (χ0v) is 12.1. The van der Waals surface area contributed by atoms with E-state index < -0.39 is 23.1 Å². The number of benzene rings is 2. The van der Waals surface area contributed by atoms with Crippen molar-refractivity contribution in [3.63, 3.8) is 0 Å². The lowest BCUT2D eigenvalue weighted by molar-refractivity contribution is -0.137. The first-order valence-corrected chi connectivity index (χ1v) is 6.57. The first-order valence-electron chi connectivity index (χ1n) is 6.19. The molecule has 1 nitrogen and oxygen atoms in total. The first-order chi connectivity index (χ1) is 9.71. The molecule has 2 rings (SSSR count). The zero-order valence-electron chi connectivity index (χ0n) is 11.4. The number of ketones is 1. The Labute approximate surface area is 125 Å². The van der Waals surface area contributed by atoms with Crippen LogP contribution in [-0.4, -0.2) is 5.78 Å². The molecule has 5 heteroatoms. The topological polar surface area (TPSA) is 17.1 Å². The Morgan fingerprint density at radius 3 is 2.19 bits per heavy atom. The van der Waals surface area contributed by atoms with Gasteiger partial charge in [0.25, 0.3) is 0 Å². The van der Waals surface area contributed by atoms with E-state index in [4.69, 9.17) is 11.6 Å². The summed E-state index contributed by atoms with van der Waals surface area (Å²) in [7, 11) is 0. The van der Waals surface area contributed by atoms with Crippen LogP contribution in [0.5, 0.6) is 0 Å². The van der Waals surface area contributed by atoms with E-state index in [0.29, 0.717) is 0 Å². The molecule has 0 unspecified atom stereocenters. The average Bonchev–Trinajstić information content (AvgIpc) is 2.41. The van der Waals surface area contributed by atoms with E-state index in [1.807, 2.05) is 6.92 Å². The Morgan fingerprint density at radius 2 is 1.57 bits per heavy atom. The van der Waals surface area contributed by atoms with Crippen LogP contribution in [0.2, 0.25) is 5.02 Å². The summed E-state index contributed by atoms with van der Waals surface area (Å²) in [5.41, 5.74) is 0.406. The van der Waals surface area contributed by atoms with Crippen molar-refractivity contribution >= 4 is 17.4 Å². The Kier molecular flexibility index (Phi) is 4.10. The van der Waals surface area contributed by atoms with Crippen LogP contribution in [0.1, 0.15) is 32.6 Å². The van der Waals surface area contributed by atoms with Gasteiger partial charge in [-0.25, -0.2) is 0 Å². The van der Waals surface area contributed by atoms with Crippen LogP contribution in [0, 0.1) is 13.8 Å². The van der Waals surface area contributed by atoms with E-state index in [-0.39, 0.29) is 10.6 Å². The Hall–Kier alpha value is -1.81. The molecular weight excluding hydrogens is 301 g/mol. The van der Waals surface area contributed by atoms with Gasteiger partial charge in [-0.15, -0.1) is 0 Å². The van der Waals surface area contributed by atoms with Crippen LogP contribution in [0.25, 0.3) is 0 Å². The number of carbonyl (C=O) groups is 1. The first kappa shape index (κ1) is 15.6. The maximum absolute atomic E-state index is 13.0. The molecule has 110 valence electrons. The molecule has 0 aromatic heterocycles. The molecule has 0 spiro atoms. The number of halogens is 4. The molecule has 0 saturated heterocycles. The molecule has 0 aliphatic carbocycles. The van der Waals surface area contributed by atoms with Crippen molar-refractivity contribution in [2.75, 3.05) is 0 Å². The van der Waals surface area contributed by atoms with E-state index in [0.717, 1.165) is 23.3 Å². The predicted molar refractivity (Wildman–Crippen MR) is 75.8 cm³/mol. The second-order valence-corrected chi connectivity index (χ2v) is 5.20. The molecule has 0 amide bonds. The summed E-state index contributed by atoms with van der Waals surface area (Å²) in [6, 6.07) is 7.81. The van der Waals surface area contributed by atoms with Crippen molar-refractivity contribution in [3.05, 3.63) is 69.2 Å². The lowest BCUT2D eigenvalue weighted by Gasteiger charge is -2.13. The summed E-state index contributed by atoms with van der Waals surface area (Å²) >= 11 is 6.01. The maximum atomic E-state index is 13.0. The second-order valence-electron chi connectivity index (χ2n) is 4.79. The zero-order chi connectivity index (χ0) is 15.8. The normalized spacial score (nSPS) is 11.5. The van der Waals surface area contributed by atoms with Gasteiger partial charge in [0.1, 0.15) is 0 Å². The fourth-order valence-electron chi connectivity index (χ4n) is 2.03. The van der Waals surface area contributed by atoms with Crippen molar-refractivity contribution in [1.82, 2.24) is 0 Å². The minimum atomic E-state index is -4.58. The molecule has 2 aromatic rings. The molecule has 0 aliphatic rings. The highest BCUT2D eigenvalue weighted by atomic mass is 35.5. The van der Waals surface area contributed by atoms with E-state index >= 15 is 0 Å². The van der Waals surface area contributed by atoms with E-state index in [1.165, 1.54) is 18.2 Å². The lowest BCUT2D eigenvalue weighted by Crippen LogP contribution is -2.14. The fraction of sp³-hybridized carbons (Fsp3) is 0.188. The predicted octanol–water partition coefficient (Wildman–Crippen LogP) is 5.21. The molecular formula is C16H12ClF3O. The maximum Gasteiger partial charge on any atom is 0.417 e. The molecule has 0 radical (unpaired) electrons. The van der Waals surface area contributed by atoms with E-state index in [1.54, 1.807) is 13.0 Å². The highest BCUT2D eigenvalue weighted by molar-refractivity contribution is 6.35. The van der Waals surface area contributed by atoms with Gasteiger partial charge in [-0.05, 0) is 43.2 Å². The smallest absolute Gasteiger partial charge is 0.289 e. The lowest BCUT2D eigenvalue weighted by atomic mass is 9.95. The van der Waals surface area contributed by atoms with Gasteiger partial charge in [-0.3, -0.25) is 4.79 Å². The fourth-order valence-corrected chi connectivity index (χ4v) is 2.33. The van der Waals surface area contributed by atoms with Gasteiger partial charge in [0.05, 0.1) is 10.6 Å². The summed E-state index contributed by atoms with van der Waals surface area (Å²) in [5, 5.41) is 0.153. The van der Waals surface area contributed by atoms with Gasteiger partial charge >= 0.3 is 6.18 Å². The van der Waals surface area contributed by atoms with Crippen LogP contribution < -0.4 is 0 Å². The quantitative estimate of drug-likeness (QED) is 0.696. The number of rotatable bonds is 2. The third-order valence-corrected chi connectivity index (χ3v) is 3.62. The molecule has 0 fully saturated rings.